The molecule has 35 heavy (non-hydrogen) atoms. The van der Waals surface area contributed by atoms with Crippen LogP contribution in [0.15, 0.2) is 47.5 Å². The number of hydrogen-bond acceptors (Lipinski definition) is 7. The van der Waals surface area contributed by atoms with Crippen molar-refractivity contribution in [2.24, 2.45) is 5.73 Å². The molecule has 0 aliphatic carbocycles. The SMILES string of the molecule is CN(C)C1CN(c2nc(S(=O)CCN)c3cc(Cl)c(-c4cc(O)cc5ccccc45)c(F)c3n2)C1. The van der Waals surface area contributed by atoms with Crippen molar-refractivity contribution >= 4 is 50.0 Å². The van der Waals surface area contributed by atoms with Crippen molar-refractivity contribution in [2.75, 3.05) is 44.4 Å². The molecule has 1 atom stereocenters. The fourth-order valence-electron chi connectivity index (χ4n) is 4.37. The molecule has 1 fully saturated rings. The van der Waals surface area contributed by atoms with Gasteiger partial charge in [0.2, 0.25) is 5.95 Å². The molecule has 182 valence electrons. The third-order valence-electron chi connectivity index (χ3n) is 6.35. The number of phenolic OH excluding ortho intramolecular Hbond substituents is 1. The summed E-state index contributed by atoms with van der Waals surface area (Å²) >= 11 is 6.63. The number of phenols is 1. The average Bonchev–Trinajstić information content (AvgIpc) is 2.78. The molecule has 5 rings (SSSR count). The van der Waals surface area contributed by atoms with Gasteiger partial charge in [-0.15, -0.1) is 0 Å². The van der Waals surface area contributed by atoms with Crippen LogP contribution in [-0.2, 0) is 10.8 Å². The van der Waals surface area contributed by atoms with E-state index in [0.29, 0.717) is 36.0 Å². The third kappa shape index (κ3) is 4.23. The van der Waals surface area contributed by atoms with Gasteiger partial charge in [-0.1, -0.05) is 35.9 Å². The van der Waals surface area contributed by atoms with Gasteiger partial charge in [0, 0.05) is 42.4 Å². The lowest BCUT2D eigenvalue weighted by atomic mass is 9.96. The fraction of sp³-hybridized carbons (Fsp3) is 0.280. The summed E-state index contributed by atoms with van der Waals surface area (Å²) in [6.07, 6.45) is 0. The molecule has 1 aliphatic heterocycles. The molecule has 2 heterocycles. The summed E-state index contributed by atoms with van der Waals surface area (Å²) in [5, 5.41) is 12.4. The van der Waals surface area contributed by atoms with E-state index < -0.39 is 16.6 Å². The first kappa shape index (κ1) is 23.9. The Labute approximate surface area is 209 Å². The molecule has 0 radical (unpaired) electrons. The smallest absolute Gasteiger partial charge is 0.227 e. The summed E-state index contributed by atoms with van der Waals surface area (Å²) in [6, 6.07) is 12.4. The van der Waals surface area contributed by atoms with Gasteiger partial charge in [-0.25, -0.2) is 14.4 Å². The van der Waals surface area contributed by atoms with E-state index in [1.165, 1.54) is 6.07 Å². The summed E-state index contributed by atoms with van der Waals surface area (Å²) in [4.78, 5) is 13.2. The maximum absolute atomic E-state index is 16.3. The number of nitrogens with zero attached hydrogens (tertiary/aromatic N) is 4. The number of fused-ring (bicyclic) bond motifs is 2. The molecule has 1 aliphatic rings. The minimum Gasteiger partial charge on any atom is -0.508 e. The summed E-state index contributed by atoms with van der Waals surface area (Å²) < 4.78 is 29.3. The molecule has 1 saturated heterocycles. The normalized spacial score (nSPS) is 15.2. The second-order valence-corrected chi connectivity index (χ2v) is 10.7. The van der Waals surface area contributed by atoms with Gasteiger partial charge in [0.15, 0.2) is 5.82 Å². The van der Waals surface area contributed by atoms with Crippen LogP contribution in [0.4, 0.5) is 10.3 Å². The highest BCUT2D eigenvalue weighted by Crippen LogP contribution is 2.41. The number of aromatic nitrogens is 2. The topological polar surface area (TPSA) is 95.6 Å². The maximum Gasteiger partial charge on any atom is 0.227 e. The van der Waals surface area contributed by atoms with Crippen molar-refractivity contribution in [3.8, 4) is 16.9 Å². The van der Waals surface area contributed by atoms with Gasteiger partial charge in [-0.2, -0.15) is 0 Å². The third-order valence-corrected chi connectivity index (χ3v) is 7.99. The van der Waals surface area contributed by atoms with Gasteiger partial charge in [0.05, 0.1) is 15.8 Å². The predicted octanol–water partition coefficient (Wildman–Crippen LogP) is 3.76. The molecule has 3 N–H and O–H groups in total. The quantitative estimate of drug-likeness (QED) is 0.379. The van der Waals surface area contributed by atoms with E-state index >= 15 is 4.39 Å². The van der Waals surface area contributed by atoms with E-state index in [0.717, 1.165) is 10.8 Å². The predicted molar refractivity (Wildman–Crippen MR) is 139 cm³/mol. The molecular formula is C25H25ClFN5O2S. The molecule has 4 aromatic rings. The first-order valence-electron chi connectivity index (χ1n) is 11.2. The summed E-state index contributed by atoms with van der Waals surface area (Å²) in [7, 11) is 2.44. The lowest BCUT2D eigenvalue weighted by Crippen LogP contribution is -2.58. The van der Waals surface area contributed by atoms with Crippen LogP contribution in [0.2, 0.25) is 5.02 Å². The van der Waals surface area contributed by atoms with E-state index in [2.05, 4.69) is 14.9 Å². The standard InChI is InChI=1S/C25H25ClFN5O2S/c1-31(2)15-12-32(13-15)25-29-23-19(24(30-25)35(34)8-7-28)11-20(26)21(22(23)27)18-10-16(33)9-14-5-3-4-6-17(14)18/h3-6,9-11,15,33H,7-8,12-13,28H2,1-2H3. The van der Waals surface area contributed by atoms with Crippen LogP contribution in [0, 0.1) is 5.82 Å². The molecule has 0 saturated carbocycles. The summed E-state index contributed by atoms with van der Waals surface area (Å²) in [5.74, 6) is -0.145. The second-order valence-electron chi connectivity index (χ2n) is 8.85. The number of nitrogens with two attached hydrogens (primary N) is 1. The molecule has 7 nitrogen and oxygen atoms in total. The Balaban J connectivity index is 1.75. The zero-order chi connectivity index (χ0) is 24.9. The van der Waals surface area contributed by atoms with Crippen molar-refractivity contribution in [3.63, 3.8) is 0 Å². The Morgan fingerprint density at radius 2 is 1.94 bits per heavy atom. The van der Waals surface area contributed by atoms with Crippen LogP contribution in [0.25, 0.3) is 32.8 Å². The molecule has 1 aromatic heterocycles. The Bertz CT molecular complexity index is 1480. The first-order chi connectivity index (χ1) is 16.8. The Hall–Kier alpha value is -2.85. The van der Waals surface area contributed by atoms with E-state index in [1.807, 2.05) is 43.3 Å². The number of anilines is 1. The van der Waals surface area contributed by atoms with Gasteiger partial charge in [0.1, 0.15) is 16.3 Å². The summed E-state index contributed by atoms with van der Waals surface area (Å²) in [6.45, 7) is 1.56. The molecule has 10 heteroatoms. The number of aromatic hydroxyl groups is 1. The minimum absolute atomic E-state index is 0.00214. The van der Waals surface area contributed by atoms with Gasteiger partial charge in [-0.05, 0) is 48.6 Å². The molecule has 3 aromatic carbocycles. The zero-order valence-electron chi connectivity index (χ0n) is 19.3. The van der Waals surface area contributed by atoms with Gasteiger partial charge in [0.25, 0.3) is 0 Å². The summed E-state index contributed by atoms with van der Waals surface area (Å²) in [5.41, 5.74) is 6.26. The highest BCUT2D eigenvalue weighted by Gasteiger charge is 2.32. The van der Waals surface area contributed by atoms with Gasteiger partial charge < -0.3 is 20.6 Å². The zero-order valence-corrected chi connectivity index (χ0v) is 20.9. The number of halogens is 2. The van der Waals surface area contributed by atoms with Crippen molar-refractivity contribution in [1.29, 1.82) is 0 Å². The van der Waals surface area contributed by atoms with Crippen LogP contribution in [-0.4, -0.2) is 69.7 Å². The van der Waals surface area contributed by atoms with Crippen LogP contribution in [0.3, 0.4) is 0 Å². The molecule has 0 amide bonds. The maximum atomic E-state index is 16.3. The van der Waals surface area contributed by atoms with Gasteiger partial charge >= 0.3 is 0 Å². The number of hydrogen-bond donors (Lipinski definition) is 2. The largest absolute Gasteiger partial charge is 0.508 e. The van der Waals surface area contributed by atoms with Crippen molar-refractivity contribution in [2.45, 2.75) is 11.1 Å². The Morgan fingerprint density at radius 3 is 2.66 bits per heavy atom. The first-order valence-corrected chi connectivity index (χ1v) is 12.9. The van der Waals surface area contributed by atoms with Crippen molar-refractivity contribution in [1.82, 2.24) is 14.9 Å². The number of rotatable bonds is 6. The van der Waals surface area contributed by atoms with E-state index in [-0.39, 0.29) is 39.2 Å². The van der Waals surface area contributed by atoms with Crippen LogP contribution < -0.4 is 10.6 Å². The molecular weight excluding hydrogens is 489 g/mol. The lowest BCUT2D eigenvalue weighted by Gasteiger charge is -2.42. The molecule has 0 bridgehead atoms. The van der Waals surface area contributed by atoms with Gasteiger partial charge in [-0.3, -0.25) is 4.21 Å². The fourth-order valence-corrected chi connectivity index (χ4v) is 5.66. The van der Waals surface area contributed by atoms with Crippen LogP contribution >= 0.6 is 11.6 Å². The second kappa shape index (κ2) is 9.31. The number of likely N-dealkylation sites (N-methyl/N-ethyl adjacent to an activating group) is 1. The Kier molecular flexibility index (Phi) is 6.35. The van der Waals surface area contributed by atoms with Crippen LogP contribution in [0.1, 0.15) is 0 Å². The minimum atomic E-state index is -1.55. The monoisotopic (exact) mass is 513 g/mol. The highest BCUT2D eigenvalue weighted by molar-refractivity contribution is 7.85. The molecule has 1 unspecified atom stereocenters. The van der Waals surface area contributed by atoms with E-state index in [1.54, 1.807) is 12.1 Å². The number of benzene rings is 3. The molecule has 0 spiro atoms. The van der Waals surface area contributed by atoms with Crippen molar-refractivity contribution in [3.05, 3.63) is 53.3 Å². The van der Waals surface area contributed by atoms with Crippen LogP contribution in [0.5, 0.6) is 5.75 Å². The average molecular weight is 514 g/mol. The lowest BCUT2D eigenvalue weighted by molar-refractivity contribution is 0.245. The van der Waals surface area contributed by atoms with E-state index in [4.69, 9.17) is 17.3 Å². The van der Waals surface area contributed by atoms with Crippen molar-refractivity contribution < 1.29 is 13.7 Å². The van der Waals surface area contributed by atoms with E-state index in [9.17, 15) is 9.32 Å². The Morgan fingerprint density at radius 1 is 1.20 bits per heavy atom. The highest BCUT2D eigenvalue weighted by atomic mass is 35.5.